The molecule has 3 rings (SSSR count). The van der Waals surface area contributed by atoms with E-state index in [9.17, 15) is 14.0 Å². The third-order valence-corrected chi connectivity index (χ3v) is 6.24. The van der Waals surface area contributed by atoms with Gasteiger partial charge in [0.2, 0.25) is 5.91 Å². The Morgan fingerprint density at radius 2 is 2.06 bits per heavy atom. The zero-order valence-electron chi connectivity index (χ0n) is 19.6. The van der Waals surface area contributed by atoms with Crippen LogP contribution in [0.15, 0.2) is 53.7 Å². The molecule has 2 fully saturated rings. The molecule has 8 heteroatoms. The van der Waals surface area contributed by atoms with Crippen LogP contribution in [0.3, 0.4) is 0 Å². The first-order valence-corrected chi connectivity index (χ1v) is 11.3. The van der Waals surface area contributed by atoms with Crippen molar-refractivity contribution in [3.05, 3.63) is 54.5 Å². The zero-order chi connectivity index (χ0) is 24.0. The first-order valence-electron chi connectivity index (χ1n) is 11.3. The fourth-order valence-electron chi connectivity index (χ4n) is 4.53. The largest absolute Gasteiger partial charge is 0.360 e. The van der Waals surface area contributed by atoms with Gasteiger partial charge in [-0.25, -0.2) is 4.39 Å². The highest BCUT2D eigenvalue weighted by molar-refractivity contribution is 6.02. The number of carbonyl (C=O) groups excluding carboxylic acids is 2. The molecule has 1 spiro atoms. The number of carbonyl (C=O) groups is 2. The van der Waals surface area contributed by atoms with E-state index in [1.807, 2.05) is 0 Å². The summed E-state index contributed by atoms with van der Waals surface area (Å²) in [6.07, 6.45) is 4.93. The van der Waals surface area contributed by atoms with E-state index in [0.29, 0.717) is 24.4 Å². The normalized spacial score (nSPS) is 21.9. The number of benzene rings is 1. The van der Waals surface area contributed by atoms with Crippen LogP contribution in [0.4, 0.5) is 10.1 Å². The highest BCUT2D eigenvalue weighted by atomic mass is 19.1. The molecule has 1 atom stereocenters. The number of anilines is 1. The smallest absolute Gasteiger partial charge is 0.256 e. The number of morpholine rings is 1. The van der Waals surface area contributed by atoms with Crippen molar-refractivity contribution in [1.29, 1.82) is 0 Å². The average molecular weight is 457 g/mol. The fraction of sp³-hybridized carbons (Fsp3) is 0.480. The van der Waals surface area contributed by atoms with Gasteiger partial charge in [0.1, 0.15) is 11.9 Å². The molecule has 1 N–H and O–H groups in total. The molecule has 1 unspecified atom stereocenters. The van der Waals surface area contributed by atoms with Gasteiger partial charge in [0, 0.05) is 40.0 Å². The predicted octanol–water partition coefficient (Wildman–Crippen LogP) is 3.08. The number of para-hydroxylation sites is 1. The molecule has 33 heavy (non-hydrogen) atoms. The number of ether oxygens (including phenoxy) is 1. The minimum atomic E-state index is -0.618. The maximum Gasteiger partial charge on any atom is 0.256 e. The Bertz CT molecular complexity index is 951. The summed E-state index contributed by atoms with van der Waals surface area (Å²) in [4.78, 5) is 32.5. The topological polar surface area (TPSA) is 74.2 Å². The summed E-state index contributed by atoms with van der Waals surface area (Å²) in [7, 11) is 1.71. The van der Waals surface area contributed by atoms with Gasteiger partial charge in [0.25, 0.3) is 5.91 Å². The highest BCUT2D eigenvalue weighted by Crippen LogP contribution is 2.35. The quantitative estimate of drug-likeness (QED) is 0.506. The van der Waals surface area contributed by atoms with Gasteiger partial charge in [-0.15, -0.1) is 0 Å². The van der Waals surface area contributed by atoms with Gasteiger partial charge in [-0.05, 0) is 38.0 Å². The van der Waals surface area contributed by atoms with Crippen molar-refractivity contribution in [2.24, 2.45) is 4.99 Å². The lowest BCUT2D eigenvalue weighted by molar-refractivity contribution is -0.161. The Morgan fingerprint density at radius 3 is 2.67 bits per heavy atom. The third-order valence-electron chi connectivity index (χ3n) is 6.24. The lowest BCUT2D eigenvalue weighted by atomic mass is 9.88. The Hall–Kier alpha value is -2.84. The lowest BCUT2D eigenvalue weighted by Gasteiger charge is -2.49. The van der Waals surface area contributed by atoms with E-state index in [4.69, 9.17) is 4.74 Å². The molecule has 2 amide bonds. The third kappa shape index (κ3) is 5.94. The summed E-state index contributed by atoms with van der Waals surface area (Å²) in [5.41, 5.74) is 1.29. The van der Waals surface area contributed by atoms with Crippen molar-refractivity contribution in [1.82, 2.24) is 10.2 Å². The number of hydrogen-bond donors (Lipinski definition) is 1. The van der Waals surface area contributed by atoms with E-state index in [1.54, 1.807) is 49.2 Å². The molecule has 1 aromatic rings. The van der Waals surface area contributed by atoms with Crippen molar-refractivity contribution in [3.63, 3.8) is 0 Å². The van der Waals surface area contributed by atoms with Crippen LogP contribution in [0, 0.1) is 5.82 Å². The number of nitrogens with one attached hydrogen (secondary N) is 1. The van der Waals surface area contributed by atoms with Gasteiger partial charge >= 0.3 is 0 Å². The predicted molar refractivity (Wildman–Crippen MR) is 128 cm³/mol. The summed E-state index contributed by atoms with van der Waals surface area (Å²) in [6, 6.07) is 6.38. The van der Waals surface area contributed by atoms with Crippen LogP contribution in [-0.2, 0) is 14.3 Å². The molecule has 0 aliphatic carbocycles. The maximum absolute atomic E-state index is 14.4. The molecule has 2 aliphatic heterocycles. The second-order valence-corrected chi connectivity index (χ2v) is 8.58. The van der Waals surface area contributed by atoms with Crippen molar-refractivity contribution < 1.29 is 18.7 Å². The molecule has 0 radical (unpaired) electrons. The summed E-state index contributed by atoms with van der Waals surface area (Å²) in [5.74, 6) is -0.764. The van der Waals surface area contributed by atoms with E-state index >= 15 is 0 Å². The number of likely N-dealkylation sites (tertiary alicyclic amines) is 1. The Balaban J connectivity index is 1.63. The average Bonchev–Trinajstić information content (AvgIpc) is 2.78. The second-order valence-electron chi connectivity index (χ2n) is 8.58. The number of amides is 2. The molecule has 178 valence electrons. The van der Waals surface area contributed by atoms with Crippen molar-refractivity contribution in [2.75, 3.05) is 38.1 Å². The first-order chi connectivity index (χ1) is 15.8. The van der Waals surface area contributed by atoms with Crippen LogP contribution in [0.1, 0.15) is 33.1 Å². The number of aliphatic imine (C=N–C) groups is 1. The summed E-state index contributed by atoms with van der Waals surface area (Å²) < 4.78 is 20.6. The van der Waals surface area contributed by atoms with Crippen molar-refractivity contribution >= 4 is 23.2 Å². The molecule has 2 saturated heterocycles. The molecule has 0 bridgehead atoms. The SMILES string of the molecule is C=C/C=C(/NC(C)=O)C(CCN1CCC2(CC1)CN(c1ccccc1F)C(=O)C(C)O2)=NC. The minimum Gasteiger partial charge on any atom is -0.360 e. The van der Waals surface area contributed by atoms with Crippen LogP contribution >= 0.6 is 0 Å². The number of rotatable bonds is 7. The fourth-order valence-corrected chi connectivity index (χ4v) is 4.53. The summed E-state index contributed by atoms with van der Waals surface area (Å²) in [6.45, 7) is 9.63. The van der Waals surface area contributed by atoms with E-state index in [1.165, 1.54) is 13.0 Å². The molecule has 1 aromatic carbocycles. The summed E-state index contributed by atoms with van der Waals surface area (Å²) >= 11 is 0. The number of allylic oxidation sites excluding steroid dienone is 3. The van der Waals surface area contributed by atoms with Gasteiger partial charge in [-0.1, -0.05) is 24.8 Å². The number of nitrogens with zero attached hydrogens (tertiary/aromatic N) is 3. The Labute approximate surface area is 195 Å². The van der Waals surface area contributed by atoms with Gasteiger partial charge in [0.15, 0.2) is 0 Å². The molecule has 2 aliphatic rings. The molecular formula is C25H33FN4O3. The van der Waals surface area contributed by atoms with Crippen molar-refractivity contribution in [2.45, 2.75) is 44.8 Å². The van der Waals surface area contributed by atoms with E-state index in [2.05, 4.69) is 21.8 Å². The number of halogens is 1. The number of hydrogen-bond acceptors (Lipinski definition) is 5. The van der Waals surface area contributed by atoms with Crippen LogP contribution in [0.5, 0.6) is 0 Å². The van der Waals surface area contributed by atoms with Gasteiger partial charge in [-0.2, -0.15) is 0 Å². The summed E-state index contributed by atoms with van der Waals surface area (Å²) in [5, 5.41) is 2.81. The number of piperidine rings is 1. The van der Waals surface area contributed by atoms with Crippen LogP contribution in [0.25, 0.3) is 0 Å². The van der Waals surface area contributed by atoms with Crippen molar-refractivity contribution in [3.8, 4) is 0 Å². The van der Waals surface area contributed by atoms with E-state index in [0.717, 1.165) is 38.2 Å². The lowest BCUT2D eigenvalue weighted by Crippen LogP contribution is -2.61. The monoisotopic (exact) mass is 456 g/mol. The minimum absolute atomic E-state index is 0.151. The van der Waals surface area contributed by atoms with E-state index in [-0.39, 0.29) is 11.8 Å². The molecule has 0 aromatic heterocycles. The zero-order valence-corrected chi connectivity index (χ0v) is 19.6. The van der Waals surface area contributed by atoms with Gasteiger partial charge in [0.05, 0.1) is 29.2 Å². The van der Waals surface area contributed by atoms with Gasteiger partial charge in [-0.3, -0.25) is 14.6 Å². The highest BCUT2D eigenvalue weighted by Gasteiger charge is 2.46. The maximum atomic E-state index is 14.4. The van der Waals surface area contributed by atoms with Crippen LogP contribution < -0.4 is 10.2 Å². The van der Waals surface area contributed by atoms with Gasteiger partial charge < -0.3 is 19.9 Å². The molecular weight excluding hydrogens is 423 g/mol. The Morgan fingerprint density at radius 1 is 1.36 bits per heavy atom. The second kappa shape index (κ2) is 10.9. The first kappa shape index (κ1) is 24.8. The molecule has 7 nitrogen and oxygen atoms in total. The standard InChI is InChI=1S/C25H33FN4O3/c1-5-8-22(28-19(3)31)21(27-4)11-14-29-15-12-25(13-16-29)17-30(24(32)18(2)33-25)23-10-7-6-9-20(23)26/h5-10,18H,1,11-17H2,2-4H3,(H,28,31)/b22-8+,27-21?. The molecule has 2 heterocycles. The van der Waals surface area contributed by atoms with Crippen LogP contribution in [-0.4, -0.2) is 67.4 Å². The van der Waals surface area contributed by atoms with E-state index < -0.39 is 17.5 Å². The Kier molecular flexibility index (Phi) is 8.15. The van der Waals surface area contributed by atoms with Crippen LogP contribution in [0.2, 0.25) is 0 Å². The molecule has 0 saturated carbocycles.